The Hall–Kier alpha value is -2.10. The van der Waals surface area contributed by atoms with Crippen LogP contribution in [-0.4, -0.2) is 5.78 Å². The van der Waals surface area contributed by atoms with Gasteiger partial charge in [0, 0.05) is 11.1 Å². The molecule has 0 heterocycles. The zero-order chi connectivity index (χ0) is 20.5. The summed E-state index contributed by atoms with van der Waals surface area (Å²) in [6, 6.07) is 8.63. The van der Waals surface area contributed by atoms with Crippen molar-refractivity contribution in [2.24, 2.45) is 0 Å². The van der Waals surface area contributed by atoms with Crippen LogP contribution in [0.25, 0.3) is 0 Å². The average Bonchev–Trinajstić information content (AvgIpc) is 2.59. The largest absolute Gasteiger partial charge is 0.416 e. The third kappa shape index (κ3) is 4.60. The molecule has 0 N–H and O–H groups in total. The first kappa shape index (κ1) is 21.2. The minimum absolute atomic E-state index is 0.134. The zero-order valence-corrected chi connectivity index (χ0v) is 16.7. The predicted molar refractivity (Wildman–Crippen MR) is 104 cm³/mol. The first-order chi connectivity index (χ1) is 12.4. The summed E-state index contributed by atoms with van der Waals surface area (Å²) in [5.74, 6) is 0.380. The summed E-state index contributed by atoms with van der Waals surface area (Å²) in [6.45, 7) is 12.4. The summed E-state index contributed by atoms with van der Waals surface area (Å²) in [5.41, 5.74) is 3.24. The summed E-state index contributed by atoms with van der Waals surface area (Å²) in [5, 5.41) is 0. The van der Waals surface area contributed by atoms with Crippen molar-refractivity contribution >= 4 is 5.78 Å². The Kier molecular flexibility index (Phi) is 6.18. The summed E-state index contributed by atoms with van der Waals surface area (Å²) < 4.78 is 38.5. The molecule has 0 spiro atoms. The first-order valence-corrected chi connectivity index (χ1v) is 9.33. The highest BCUT2D eigenvalue weighted by atomic mass is 19.4. The molecule has 4 heteroatoms. The van der Waals surface area contributed by atoms with E-state index in [2.05, 4.69) is 26.0 Å². The van der Waals surface area contributed by atoms with Gasteiger partial charge in [0.25, 0.3) is 0 Å². The van der Waals surface area contributed by atoms with Gasteiger partial charge in [-0.1, -0.05) is 65.8 Å². The van der Waals surface area contributed by atoms with Gasteiger partial charge in [0.1, 0.15) is 0 Å². The van der Waals surface area contributed by atoms with Gasteiger partial charge >= 0.3 is 6.18 Å². The molecule has 0 aliphatic carbocycles. The highest BCUT2D eigenvalue weighted by Gasteiger charge is 2.30. The molecule has 27 heavy (non-hydrogen) atoms. The zero-order valence-electron chi connectivity index (χ0n) is 16.7. The van der Waals surface area contributed by atoms with Gasteiger partial charge in [-0.2, -0.15) is 13.2 Å². The van der Waals surface area contributed by atoms with Gasteiger partial charge in [-0.3, -0.25) is 4.79 Å². The topological polar surface area (TPSA) is 17.1 Å². The molecule has 2 aromatic carbocycles. The number of halogens is 3. The molecule has 0 saturated carbocycles. The number of alkyl halides is 3. The Balaban J connectivity index is 2.63. The van der Waals surface area contributed by atoms with Crippen molar-refractivity contribution in [3.63, 3.8) is 0 Å². The fraction of sp³-hybridized carbons (Fsp3) is 0.435. The van der Waals surface area contributed by atoms with Crippen molar-refractivity contribution in [1.29, 1.82) is 0 Å². The quantitative estimate of drug-likeness (QED) is 0.500. The van der Waals surface area contributed by atoms with Gasteiger partial charge in [0.05, 0.1) is 5.56 Å². The summed E-state index contributed by atoms with van der Waals surface area (Å²) in [4.78, 5) is 13.3. The maximum absolute atomic E-state index is 13.3. The van der Waals surface area contributed by atoms with Gasteiger partial charge in [0.15, 0.2) is 5.78 Å². The molecule has 0 radical (unpaired) electrons. The van der Waals surface area contributed by atoms with Gasteiger partial charge in [-0.05, 0) is 46.6 Å². The standard InChI is InChI=1S/C23H27F3O/c1-13(2)17-11-19(14(3)4)21(20(12-17)15(5)6)22(27)16-7-9-18(10-8-16)23(24,25)26/h7-15H,1-6H3. The highest BCUT2D eigenvalue weighted by Crippen LogP contribution is 2.34. The lowest BCUT2D eigenvalue weighted by Crippen LogP contribution is -2.13. The molecule has 0 amide bonds. The van der Waals surface area contributed by atoms with Crippen LogP contribution in [0.5, 0.6) is 0 Å². The molecule has 2 rings (SSSR count). The molecule has 1 nitrogen and oxygen atoms in total. The second kappa shape index (κ2) is 7.87. The lowest BCUT2D eigenvalue weighted by atomic mass is 9.81. The molecule has 0 saturated heterocycles. The van der Waals surface area contributed by atoms with Crippen molar-refractivity contribution in [2.75, 3.05) is 0 Å². The van der Waals surface area contributed by atoms with E-state index in [9.17, 15) is 18.0 Å². The minimum Gasteiger partial charge on any atom is -0.289 e. The van der Waals surface area contributed by atoms with Crippen LogP contribution in [-0.2, 0) is 6.18 Å². The molecular weight excluding hydrogens is 349 g/mol. The van der Waals surface area contributed by atoms with Crippen LogP contribution in [0.3, 0.4) is 0 Å². The summed E-state index contributed by atoms with van der Waals surface area (Å²) >= 11 is 0. The Labute approximate surface area is 159 Å². The number of carbonyl (C=O) groups is 1. The van der Waals surface area contributed by atoms with E-state index in [1.807, 2.05) is 27.7 Å². The number of ketones is 1. The first-order valence-electron chi connectivity index (χ1n) is 9.33. The van der Waals surface area contributed by atoms with Crippen LogP contribution in [0.4, 0.5) is 13.2 Å². The number of rotatable bonds is 5. The van der Waals surface area contributed by atoms with Crippen molar-refractivity contribution in [2.45, 2.75) is 65.5 Å². The number of hydrogen-bond acceptors (Lipinski definition) is 1. The molecule has 0 bridgehead atoms. The van der Waals surface area contributed by atoms with Crippen molar-refractivity contribution in [1.82, 2.24) is 0 Å². The SMILES string of the molecule is CC(C)c1cc(C(C)C)c(C(=O)c2ccc(C(F)(F)F)cc2)c(C(C)C)c1. The third-order valence-electron chi connectivity index (χ3n) is 4.83. The Bertz CT molecular complexity index is 784. The Morgan fingerprint density at radius 3 is 1.56 bits per heavy atom. The van der Waals surface area contributed by atoms with Crippen molar-refractivity contribution < 1.29 is 18.0 Å². The molecule has 2 aromatic rings. The molecule has 0 aliphatic heterocycles. The predicted octanol–water partition coefficient (Wildman–Crippen LogP) is 7.31. The van der Waals surface area contributed by atoms with Crippen LogP contribution in [0.2, 0.25) is 0 Å². The van der Waals surface area contributed by atoms with Gasteiger partial charge in [0.2, 0.25) is 0 Å². The van der Waals surface area contributed by atoms with Gasteiger partial charge in [-0.15, -0.1) is 0 Å². The summed E-state index contributed by atoms with van der Waals surface area (Å²) in [6.07, 6.45) is -4.41. The maximum atomic E-state index is 13.3. The molecule has 146 valence electrons. The fourth-order valence-corrected chi connectivity index (χ4v) is 3.17. The second-order valence-corrected chi connectivity index (χ2v) is 7.94. The van der Waals surface area contributed by atoms with Crippen LogP contribution in [0.1, 0.15) is 97.5 Å². The molecule has 0 aromatic heterocycles. The molecular formula is C23H27F3O. The van der Waals surface area contributed by atoms with Crippen LogP contribution in [0, 0.1) is 0 Å². The van der Waals surface area contributed by atoms with Crippen LogP contribution in [0.15, 0.2) is 36.4 Å². The Morgan fingerprint density at radius 2 is 1.22 bits per heavy atom. The van der Waals surface area contributed by atoms with Crippen molar-refractivity contribution in [3.8, 4) is 0 Å². The lowest BCUT2D eigenvalue weighted by Gasteiger charge is -2.22. The monoisotopic (exact) mass is 376 g/mol. The number of hydrogen-bond donors (Lipinski definition) is 0. The molecule has 0 fully saturated rings. The van der Waals surface area contributed by atoms with E-state index in [0.717, 1.165) is 23.3 Å². The fourth-order valence-electron chi connectivity index (χ4n) is 3.17. The Morgan fingerprint density at radius 1 is 0.778 bits per heavy atom. The van der Waals surface area contributed by atoms with Gasteiger partial charge in [-0.25, -0.2) is 0 Å². The normalized spacial score (nSPS) is 12.3. The van der Waals surface area contributed by atoms with Crippen molar-refractivity contribution in [3.05, 3.63) is 69.8 Å². The van der Waals surface area contributed by atoms with E-state index >= 15 is 0 Å². The molecule has 0 atom stereocenters. The maximum Gasteiger partial charge on any atom is 0.416 e. The molecule has 0 unspecified atom stereocenters. The van der Waals surface area contributed by atoms with E-state index in [1.165, 1.54) is 17.7 Å². The highest BCUT2D eigenvalue weighted by molar-refractivity contribution is 6.11. The average molecular weight is 376 g/mol. The van der Waals surface area contributed by atoms with E-state index in [1.54, 1.807) is 0 Å². The number of carbonyl (C=O) groups excluding carboxylic acids is 1. The second-order valence-electron chi connectivity index (χ2n) is 7.94. The van der Waals surface area contributed by atoms with Crippen LogP contribution >= 0.6 is 0 Å². The van der Waals surface area contributed by atoms with Gasteiger partial charge < -0.3 is 0 Å². The third-order valence-corrected chi connectivity index (χ3v) is 4.83. The lowest BCUT2D eigenvalue weighted by molar-refractivity contribution is -0.137. The molecule has 0 aliphatic rings. The van der Waals surface area contributed by atoms with E-state index < -0.39 is 11.7 Å². The van der Waals surface area contributed by atoms with E-state index in [0.29, 0.717) is 11.5 Å². The van der Waals surface area contributed by atoms with E-state index in [-0.39, 0.29) is 23.2 Å². The van der Waals surface area contributed by atoms with E-state index in [4.69, 9.17) is 0 Å². The minimum atomic E-state index is -4.41. The summed E-state index contributed by atoms with van der Waals surface area (Å²) in [7, 11) is 0. The van der Waals surface area contributed by atoms with Crippen LogP contribution < -0.4 is 0 Å². The smallest absolute Gasteiger partial charge is 0.289 e. The number of benzene rings is 2.